The molecule has 1 nitrogen and oxygen atoms in total. The molecule has 0 radical (unpaired) electrons. The summed E-state index contributed by atoms with van der Waals surface area (Å²) in [4.78, 5) is 2.60. The average Bonchev–Trinajstić information content (AvgIpc) is 3.20. The average molecular weight is 746 g/mol. The summed E-state index contributed by atoms with van der Waals surface area (Å²) in [6, 6.07) is 42.0. The van der Waals surface area contributed by atoms with Crippen LogP contribution in [0.15, 0.2) is 157 Å². The highest BCUT2D eigenvalue weighted by molar-refractivity contribution is 5.80. The Morgan fingerprint density at radius 2 is 1.25 bits per heavy atom. The molecule has 0 aromatic heterocycles. The highest BCUT2D eigenvalue weighted by Crippen LogP contribution is 2.44. The number of nitrogens with zero attached hydrogens (tertiary/aromatic N) is 1. The van der Waals surface area contributed by atoms with Crippen LogP contribution in [0.1, 0.15) is 103 Å². The fourth-order valence-corrected chi connectivity index (χ4v) is 9.75. The Bertz CT molecular complexity index is 2340. The smallest absolute Gasteiger partial charge is 0.0467 e. The van der Waals surface area contributed by atoms with Crippen molar-refractivity contribution in [3.63, 3.8) is 0 Å². The van der Waals surface area contributed by atoms with Crippen LogP contribution in [-0.4, -0.2) is 0 Å². The van der Waals surface area contributed by atoms with Crippen molar-refractivity contribution in [1.82, 2.24) is 0 Å². The van der Waals surface area contributed by atoms with Gasteiger partial charge < -0.3 is 4.90 Å². The number of benzene rings is 5. The van der Waals surface area contributed by atoms with Crippen LogP contribution in [0.3, 0.4) is 0 Å². The third-order valence-electron chi connectivity index (χ3n) is 12.2. The van der Waals surface area contributed by atoms with E-state index in [0.717, 1.165) is 32.1 Å². The molecule has 1 heteroatoms. The molecule has 57 heavy (non-hydrogen) atoms. The maximum atomic E-state index is 2.60. The van der Waals surface area contributed by atoms with Gasteiger partial charge in [0, 0.05) is 23.0 Å². The quantitative estimate of drug-likeness (QED) is 0.138. The summed E-state index contributed by atoms with van der Waals surface area (Å²) in [5.74, 6) is 1.81. The van der Waals surface area contributed by atoms with E-state index in [1.165, 1.54) is 90.3 Å². The molecule has 0 saturated carbocycles. The Balaban J connectivity index is 1.28. The molecule has 5 aromatic rings. The maximum Gasteiger partial charge on any atom is 0.0467 e. The van der Waals surface area contributed by atoms with Crippen molar-refractivity contribution in [2.45, 2.75) is 86.0 Å². The van der Waals surface area contributed by atoms with Gasteiger partial charge >= 0.3 is 0 Å². The van der Waals surface area contributed by atoms with Crippen LogP contribution in [0.25, 0.3) is 22.3 Å². The first-order valence-corrected chi connectivity index (χ1v) is 21.4. The number of anilines is 2. The summed E-state index contributed by atoms with van der Waals surface area (Å²) in [6.07, 6.45) is 23.4. The van der Waals surface area contributed by atoms with E-state index in [2.05, 4.69) is 198 Å². The predicted octanol–water partition coefficient (Wildman–Crippen LogP) is 15.6. The first-order valence-electron chi connectivity index (χ1n) is 21.4. The van der Waals surface area contributed by atoms with Gasteiger partial charge in [-0.15, -0.1) is 0 Å². The Labute approximate surface area is 342 Å². The molecule has 0 amide bonds. The summed E-state index contributed by atoms with van der Waals surface area (Å²) in [7, 11) is 0. The van der Waals surface area contributed by atoms with Crippen LogP contribution in [0.5, 0.6) is 0 Å². The summed E-state index contributed by atoms with van der Waals surface area (Å²) in [6.45, 7) is 13.8. The lowest BCUT2D eigenvalue weighted by Gasteiger charge is -2.35. The van der Waals surface area contributed by atoms with Gasteiger partial charge in [0.25, 0.3) is 0 Å². The Kier molecular flexibility index (Phi) is 11.5. The molecule has 0 heterocycles. The van der Waals surface area contributed by atoms with Gasteiger partial charge in [-0.1, -0.05) is 164 Å². The topological polar surface area (TPSA) is 3.24 Å². The highest BCUT2D eigenvalue weighted by atomic mass is 15.1. The molecule has 288 valence electrons. The SMILES string of the molecule is Cc1cc(C)cc(-c2cc(C(CC3C=CC(c4ccccc4)=CC3)c3cc(C)cc(C)c3)cc(N(C3=CC(C)CC(C)C3)c3ccc(C4=CCCC=C4)cc3)c2)c1. The molecule has 0 bridgehead atoms. The van der Waals surface area contributed by atoms with Gasteiger partial charge in [-0.25, -0.2) is 0 Å². The van der Waals surface area contributed by atoms with E-state index < -0.39 is 0 Å². The van der Waals surface area contributed by atoms with Crippen molar-refractivity contribution in [3.05, 3.63) is 202 Å². The number of aryl methyl sites for hydroxylation is 4. The summed E-state index contributed by atoms with van der Waals surface area (Å²) >= 11 is 0. The van der Waals surface area contributed by atoms with Crippen molar-refractivity contribution in [2.24, 2.45) is 17.8 Å². The predicted molar refractivity (Wildman–Crippen MR) is 246 cm³/mol. The van der Waals surface area contributed by atoms with E-state index in [9.17, 15) is 0 Å². The van der Waals surface area contributed by atoms with Crippen molar-refractivity contribution < 1.29 is 0 Å². The van der Waals surface area contributed by atoms with Crippen LogP contribution < -0.4 is 4.90 Å². The minimum Gasteiger partial charge on any atom is -0.314 e. The maximum absolute atomic E-state index is 2.60. The lowest BCUT2D eigenvalue weighted by atomic mass is 9.79. The molecule has 3 aliphatic carbocycles. The molecular formula is C56H59N. The Hall–Kier alpha value is -5.40. The first kappa shape index (κ1) is 38.5. The van der Waals surface area contributed by atoms with Crippen LogP contribution in [0.4, 0.5) is 11.4 Å². The molecule has 4 atom stereocenters. The highest BCUT2D eigenvalue weighted by Gasteiger charge is 2.27. The van der Waals surface area contributed by atoms with Crippen LogP contribution in [-0.2, 0) is 0 Å². The van der Waals surface area contributed by atoms with Gasteiger partial charge in [0.15, 0.2) is 0 Å². The second-order valence-corrected chi connectivity index (χ2v) is 17.5. The summed E-state index contributed by atoms with van der Waals surface area (Å²) in [5, 5.41) is 0. The molecular weight excluding hydrogens is 687 g/mol. The van der Waals surface area contributed by atoms with Crippen molar-refractivity contribution >= 4 is 22.5 Å². The van der Waals surface area contributed by atoms with Gasteiger partial charge in [-0.2, -0.15) is 0 Å². The van der Waals surface area contributed by atoms with Gasteiger partial charge in [0.05, 0.1) is 0 Å². The second-order valence-electron chi connectivity index (χ2n) is 17.5. The standard InChI is InChI=1S/C56H59N/c1-38-25-39(2)29-49(28-38)50-35-52(56(51-30-40(3)26-41(4)31-51)34-44-17-19-47(20-18-44)45-13-9-7-10-14-45)37-55(36-50)57(54-32-42(5)27-43(6)33-54)53-23-21-48(22-24-53)46-15-11-8-12-16-46/h7,9-11,13-17,19-26,28-32,35-37,42-44,56H,8,12,18,27,33-34H2,1-6H3. The Morgan fingerprint density at radius 1 is 0.596 bits per heavy atom. The van der Waals surface area contributed by atoms with Crippen LogP contribution in [0.2, 0.25) is 0 Å². The second kappa shape index (κ2) is 17.0. The van der Waals surface area contributed by atoms with Crippen LogP contribution >= 0.6 is 0 Å². The lowest BCUT2D eigenvalue weighted by molar-refractivity contribution is 0.432. The fourth-order valence-electron chi connectivity index (χ4n) is 9.75. The molecule has 0 spiro atoms. The van der Waals surface area contributed by atoms with Gasteiger partial charge in [0.2, 0.25) is 0 Å². The number of rotatable bonds is 10. The third kappa shape index (κ3) is 9.10. The van der Waals surface area contributed by atoms with E-state index in [1.807, 2.05) is 0 Å². The van der Waals surface area contributed by atoms with Crippen molar-refractivity contribution in [1.29, 1.82) is 0 Å². The summed E-state index contributed by atoms with van der Waals surface area (Å²) in [5.41, 5.74) is 19.7. The lowest BCUT2D eigenvalue weighted by Crippen LogP contribution is -2.23. The molecule has 0 fully saturated rings. The molecule has 0 saturated heterocycles. The monoisotopic (exact) mass is 745 g/mol. The zero-order valence-corrected chi connectivity index (χ0v) is 34.9. The molecule has 3 aliphatic rings. The van der Waals surface area contributed by atoms with E-state index in [4.69, 9.17) is 0 Å². The largest absolute Gasteiger partial charge is 0.314 e. The minimum atomic E-state index is 0.224. The molecule has 0 aliphatic heterocycles. The van der Waals surface area contributed by atoms with Gasteiger partial charge in [-0.05, 0) is 153 Å². The molecule has 5 aromatic carbocycles. The van der Waals surface area contributed by atoms with E-state index >= 15 is 0 Å². The van der Waals surface area contributed by atoms with Gasteiger partial charge in [-0.3, -0.25) is 0 Å². The van der Waals surface area contributed by atoms with E-state index in [1.54, 1.807) is 0 Å². The fraction of sp³-hybridized carbons (Fsp3) is 0.286. The van der Waals surface area contributed by atoms with E-state index in [-0.39, 0.29) is 5.92 Å². The van der Waals surface area contributed by atoms with E-state index in [0.29, 0.717) is 17.8 Å². The third-order valence-corrected chi connectivity index (χ3v) is 12.2. The zero-order chi connectivity index (χ0) is 39.5. The van der Waals surface area contributed by atoms with Crippen LogP contribution in [0, 0.1) is 45.4 Å². The summed E-state index contributed by atoms with van der Waals surface area (Å²) < 4.78 is 0. The van der Waals surface area contributed by atoms with Crippen molar-refractivity contribution in [3.8, 4) is 11.1 Å². The normalized spacial score (nSPS) is 19.8. The molecule has 0 N–H and O–H groups in total. The minimum absolute atomic E-state index is 0.224. The van der Waals surface area contributed by atoms with Gasteiger partial charge in [0.1, 0.15) is 0 Å². The zero-order valence-electron chi connectivity index (χ0n) is 34.9. The number of hydrogen-bond acceptors (Lipinski definition) is 1. The Morgan fingerprint density at radius 3 is 1.89 bits per heavy atom. The first-order chi connectivity index (χ1) is 27.6. The number of allylic oxidation sites excluding steroid dienone is 10. The number of hydrogen-bond donors (Lipinski definition) is 0. The molecule has 8 rings (SSSR count). The molecule has 4 unspecified atom stereocenters. The van der Waals surface area contributed by atoms with Crippen molar-refractivity contribution in [2.75, 3.05) is 4.90 Å².